The van der Waals surface area contributed by atoms with Gasteiger partial charge in [0.1, 0.15) is 5.75 Å². The van der Waals surface area contributed by atoms with Gasteiger partial charge in [-0.25, -0.2) is 0 Å². The van der Waals surface area contributed by atoms with Crippen LogP contribution in [0.15, 0.2) is 51.8 Å². The Morgan fingerprint density at radius 2 is 1.90 bits per heavy atom. The molecule has 0 aromatic heterocycles. The maximum absolute atomic E-state index is 10.4. The summed E-state index contributed by atoms with van der Waals surface area (Å²) in [5, 5.41) is 10.4. The summed E-state index contributed by atoms with van der Waals surface area (Å²) in [6, 6.07) is 13.9. The Morgan fingerprint density at radius 3 is 2.52 bits per heavy atom. The van der Waals surface area contributed by atoms with E-state index in [1.54, 1.807) is 18.9 Å². The number of thioether (sulfide) groups is 1. The zero-order valence-electron chi connectivity index (χ0n) is 12.2. The molecule has 0 aliphatic rings. The number of aliphatic hydroxyl groups excluding tert-OH is 1. The maximum atomic E-state index is 10.4. The van der Waals surface area contributed by atoms with Crippen LogP contribution < -0.4 is 4.74 Å². The number of ether oxygens (including phenoxy) is 1. The Bertz CT molecular complexity index is 584. The van der Waals surface area contributed by atoms with E-state index < -0.39 is 6.10 Å². The van der Waals surface area contributed by atoms with Gasteiger partial charge in [0, 0.05) is 15.8 Å². The van der Waals surface area contributed by atoms with Crippen molar-refractivity contribution in [3.8, 4) is 5.75 Å². The Hall–Kier alpha value is -0.970. The van der Waals surface area contributed by atoms with Crippen LogP contribution in [0.1, 0.15) is 24.2 Å². The van der Waals surface area contributed by atoms with Crippen LogP contribution in [-0.2, 0) is 6.42 Å². The van der Waals surface area contributed by atoms with Crippen molar-refractivity contribution in [2.45, 2.75) is 24.3 Å². The maximum Gasteiger partial charge on any atom is 0.122 e. The zero-order valence-corrected chi connectivity index (χ0v) is 14.6. The van der Waals surface area contributed by atoms with E-state index >= 15 is 0 Å². The highest BCUT2D eigenvalue weighted by Gasteiger charge is 2.12. The van der Waals surface area contributed by atoms with Gasteiger partial charge in [-0.2, -0.15) is 0 Å². The normalized spacial score (nSPS) is 12.2. The molecule has 0 aliphatic heterocycles. The lowest BCUT2D eigenvalue weighted by Gasteiger charge is -2.14. The van der Waals surface area contributed by atoms with Crippen molar-refractivity contribution in [1.82, 2.24) is 0 Å². The SMILES string of the molecule is CCSc1ccc(C(O)Cc2cc(Br)ccc2OC)cc1. The van der Waals surface area contributed by atoms with Crippen LogP contribution in [0.25, 0.3) is 0 Å². The minimum absolute atomic E-state index is 0.531. The topological polar surface area (TPSA) is 29.5 Å². The Labute approximate surface area is 138 Å². The number of hydrogen-bond acceptors (Lipinski definition) is 3. The third-order valence-corrected chi connectivity index (χ3v) is 4.62. The standard InChI is InChI=1S/C17H19BrO2S/c1-3-21-15-7-4-12(5-8-15)16(19)11-13-10-14(18)6-9-17(13)20-2/h4-10,16,19H,3,11H2,1-2H3. The molecule has 2 aromatic carbocycles. The molecule has 0 heterocycles. The number of hydrogen-bond donors (Lipinski definition) is 1. The number of methoxy groups -OCH3 is 1. The Morgan fingerprint density at radius 1 is 1.19 bits per heavy atom. The van der Waals surface area contributed by atoms with Crippen molar-refractivity contribution in [2.75, 3.05) is 12.9 Å². The van der Waals surface area contributed by atoms with Crippen LogP contribution >= 0.6 is 27.7 Å². The van der Waals surface area contributed by atoms with Crippen molar-refractivity contribution >= 4 is 27.7 Å². The second-order valence-electron chi connectivity index (χ2n) is 4.68. The summed E-state index contributed by atoms with van der Waals surface area (Å²) in [5.41, 5.74) is 1.92. The van der Waals surface area contributed by atoms with Crippen molar-refractivity contribution in [3.63, 3.8) is 0 Å². The summed E-state index contributed by atoms with van der Waals surface area (Å²) in [4.78, 5) is 1.23. The molecule has 0 saturated heterocycles. The van der Waals surface area contributed by atoms with E-state index in [1.165, 1.54) is 4.90 Å². The Balaban J connectivity index is 2.13. The molecular formula is C17H19BrO2S. The molecule has 0 aliphatic carbocycles. The lowest BCUT2D eigenvalue weighted by Crippen LogP contribution is -2.03. The first-order chi connectivity index (χ1) is 10.1. The van der Waals surface area contributed by atoms with Gasteiger partial charge in [-0.3, -0.25) is 0 Å². The van der Waals surface area contributed by atoms with Gasteiger partial charge in [0.05, 0.1) is 13.2 Å². The molecule has 2 aromatic rings. The fourth-order valence-corrected chi connectivity index (χ4v) is 3.26. The number of benzene rings is 2. The van der Waals surface area contributed by atoms with Crippen LogP contribution in [0.5, 0.6) is 5.75 Å². The smallest absolute Gasteiger partial charge is 0.122 e. The summed E-state index contributed by atoms with van der Waals surface area (Å²) < 4.78 is 6.34. The van der Waals surface area contributed by atoms with Gasteiger partial charge in [0.15, 0.2) is 0 Å². The van der Waals surface area contributed by atoms with Crippen molar-refractivity contribution in [1.29, 1.82) is 0 Å². The average Bonchev–Trinajstić information content (AvgIpc) is 2.48. The van der Waals surface area contributed by atoms with E-state index in [-0.39, 0.29) is 0 Å². The summed E-state index contributed by atoms with van der Waals surface area (Å²) in [6.07, 6.45) is -0.00281. The molecule has 0 fully saturated rings. The van der Waals surface area contributed by atoms with Gasteiger partial charge < -0.3 is 9.84 Å². The molecule has 21 heavy (non-hydrogen) atoms. The molecule has 1 unspecified atom stereocenters. The molecule has 0 spiro atoms. The molecule has 0 radical (unpaired) electrons. The molecular weight excluding hydrogens is 348 g/mol. The fraction of sp³-hybridized carbons (Fsp3) is 0.294. The highest BCUT2D eigenvalue weighted by atomic mass is 79.9. The van der Waals surface area contributed by atoms with E-state index in [0.29, 0.717) is 6.42 Å². The van der Waals surface area contributed by atoms with Gasteiger partial charge in [0.25, 0.3) is 0 Å². The molecule has 2 nitrogen and oxygen atoms in total. The van der Waals surface area contributed by atoms with E-state index in [9.17, 15) is 5.11 Å². The third-order valence-electron chi connectivity index (χ3n) is 3.23. The molecule has 4 heteroatoms. The van der Waals surface area contributed by atoms with Crippen molar-refractivity contribution in [3.05, 3.63) is 58.1 Å². The van der Waals surface area contributed by atoms with Gasteiger partial charge >= 0.3 is 0 Å². The van der Waals surface area contributed by atoms with E-state index in [1.807, 2.05) is 30.3 Å². The van der Waals surface area contributed by atoms with Crippen LogP contribution in [0.4, 0.5) is 0 Å². The van der Waals surface area contributed by atoms with Gasteiger partial charge in [-0.15, -0.1) is 11.8 Å². The molecule has 2 rings (SSSR count). The van der Waals surface area contributed by atoms with Gasteiger partial charge in [-0.1, -0.05) is 35.0 Å². The van der Waals surface area contributed by atoms with E-state index in [2.05, 4.69) is 35.0 Å². The minimum Gasteiger partial charge on any atom is -0.496 e. The van der Waals surface area contributed by atoms with Crippen LogP contribution in [0.3, 0.4) is 0 Å². The van der Waals surface area contributed by atoms with Gasteiger partial charge in [-0.05, 0) is 47.2 Å². The predicted molar refractivity (Wildman–Crippen MR) is 92.2 cm³/mol. The second-order valence-corrected chi connectivity index (χ2v) is 6.93. The predicted octanol–water partition coefficient (Wildman–Crippen LogP) is 4.85. The number of rotatable bonds is 6. The summed E-state index contributed by atoms with van der Waals surface area (Å²) >= 11 is 5.26. The molecule has 0 bridgehead atoms. The first kappa shape index (κ1) is 16.4. The molecule has 1 N–H and O–H groups in total. The van der Waals surface area contributed by atoms with Crippen molar-refractivity contribution in [2.24, 2.45) is 0 Å². The number of halogens is 1. The quantitative estimate of drug-likeness (QED) is 0.741. The summed E-state index contributed by atoms with van der Waals surface area (Å²) in [5.74, 6) is 1.85. The first-order valence-electron chi connectivity index (χ1n) is 6.87. The van der Waals surface area contributed by atoms with E-state index in [0.717, 1.165) is 27.1 Å². The lowest BCUT2D eigenvalue weighted by atomic mass is 10.0. The number of aliphatic hydroxyl groups is 1. The van der Waals surface area contributed by atoms with Crippen molar-refractivity contribution < 1.29 is 9.84 Å². The van der Waals surface area contributed by atoms with Gasteiger partial charge in [0.2, 0.25) is 0 Å². The van der Waals surface area contributed by atoms with Crippen LogP contribution in [0, 0.1) is 0 Å². The molecule has 0 saturated carbocycles. The Kier molecular flexibility index (Phi) is 6.15. The summed E-state index contributed by atoms with van der Waals surface area (Å²) in [6.45, 7) is 2.13. The molecule has 0 amide bonds. The first-order valence-corrected chi connectivity index (χ1v) is 8.65. The minimum atomic E-state index is -0.533. The van der Waals surface area contributed by atoms with E-state index in [4.69, 9.17) is 4.74 Å². The lowest BCUT2D eigenvalue weighted by molar-refractivity contribution is 0.177. The molecule has 1 atom stereocenters. The van der Waals surface area contributed by atoms with Crippen LogP contribution in [0.2, 0.25) is 0 Å². The largest absolute Gasteiger partial charge is 0.496 e. The zero-order chi connectivity index (χ0) is 15.2. The summed E-state index contributed by atoms with van der Waals surface area (Å²) in [7, 11) is 1.65. The fourth-order valence-electron chi connectivity index (χ4n) is 2.19. The average molecular weight is 367 g/mol. The second kappa shape index (κ2) is 7.87. The van der Waals surface area contributed by atoms with Crippen LogP contribution in [-0.4, -0.2) is 18.0 Å². The highest BCUT2D eigenvalue weighted by Crippen LogP contribution is 2.28. The molecule has 112 valence electrons. The highest BCUT2D eigenvalue weighted by molar-refractivity contribution is 9.10. The third kappa shape index (κ3) is 4.50. The monoisotopic (exact) mass is 366 g/mol.